The minimum absolute atomic E-state index is 0.0974. The third kappa shape index (κ3) is 4.91. The van der Waals surface area contributed by atoms with Gasteiger partial charge in [-0.25, -0.2) is 4.79 Å². The third-order valence-corrected chi connectivity index (χ3v) is 3.02. The Morgan fingerprint density at radius 1 is 1.10 bits per heavy atom. The number of hydrogen-bond acceptors (Lipinski definition) is 2. The van der Waals surface area contributed by atoms with E-state index in [2.05, 4.69) is 10.6 Å². The van der Waals surface area contributed by atoms with Gasteiger partial charge in [0.2, 0.25) is 0 Å². The van der Waals surface area contributed by atoms with Crippen molar-refractivity contribution in [1.29, 1.82) is 0 Å². The quantitative estimate of drug-likeness (QED) is 0.779. The highest BCUT2D eigenvalue weighted by Crippen LogP contribution is 2.03. The second-order valence-electron chi connectivity index (χ2n) is 4.53. The first-order valence-electron chi connectivity index (χ1n) is 6.96. The molecule has 0 aliphatic carbocycles. The maximum atomic E-state index is 11.9. The number of nitrogens with zero attached hydrogens (tertiary/aromatic N) is 1. The zero-order chi connectivity index (χ0) is 15.0. The van der Waals surface area contributed by atoms with E-state index >= 15 is 0 Å². The Labute approximate surface area is 120 Å². The lowest BCUT2D eigenvalue weighted by Gasteiger charge is -2.19. The molecule has 20 heavy (non-hydrogen) atoms. The molecule has 110 valence electrons. The number of carbonyl (C=O) groups is 2. The van der Waals surface area contributed by atoms with Crippen LogP contribution in [-0.4, -0.2) is 43.0 Å². The Kier molecular flexibility index (Phi) is 6.56. The van der Waals surface area contributed by atoms with Gasteiger partial charge < -0.3 is 15.5 Å². The molecule has 0 saturated heterocycles. The monoisotopic (exact) mass is 277 g/mol. The van der Waals surface area contributed by atoms with Crippen LogP contribution in [0.25, 0.3) is 0 Å². The topological polar surface area (TPSA) is 61.4 Å². The molecule has 0 fully saturated rings. The molecule has 0 spiro atoms. The van der Waals surface area contributed by atoms with Gasteiger partial charge in [-0.3, -0.25) is 4.79 Å². The van der Waals surface area contributed by atoms with Crippen LogP contribution in [0, 0.1) is 6.92 Å². The van der Waals surface area contributed by atoms with Crippen molar-refractivity contribution in [2.75, 3.05) is 26.2 Å². The van der Waals surface area contributed by atoms with Crippen LogP contribution in [0.2, 0.25) is 0 Å². The highest BCUT2D eigenvalue weighted by atomic mass is 16.2. The molecule has 0 bridgehead atoms. The van der Waals surface area contributed by atoms with Gasteiger partial charge in [0.1, 0.15) is 0 Å². The molecule has 0 unspecified atom stereocenters. The van der Waals surface area contributed by atoms with Crippen molar-refractivity contribution in [3.8, 4) is 0 Å². The summed E-state index contributed by atoms with van der Waals surface area (Å²) in [5, 5.41) is 5.56. The fourth-order valence-electron chi connectivity index (χ4n) is 1.86. The minimum Gasteiger partial charge on any atom is -0.350 e. The van der Waals surface area contributed by atoms with Crippen molar-refractivity contribution >= 4 is 11.9 Å². The van der Waals surface area contributed by atoms with Crippen molar-refractivity contribution < 1.29 is 9.59 Å². The predicted molar refractivity (Wildman–Crippen MR) is 79.8 cm³/mol. The van der Waals surface area contributed by atoms with Crippen LogP contribution in [0.5, 0.6) is 0 Å². The lowest BCUT2D eigenvalue weighted by molar-refractivity contribution is 0.0953. The number of aryl methyl sites for hydroxylation is 1. The zero-order valence-electron chi connectivity index (χ0n) is 12.4. The highest BCUT2D eigenvalue weighted by Gasteiger charge is 2.08. The van der Waals surface area contributed by atoms with Crippen LogP contribution in [0.4, 0.5) is 4.79 Å². The Hall–Kier alpha value is -2.04. The van der Waals surface area contributed by atoms with Gasteiger partial charge in [0, 0.05) is 31.7 Å². The van der Waals surface area contributed by atoms with E-state index in [0.29, 0.717) is 31.7 Å². The second-order valence-corrected chi connectivity index (χ2v) is 4.53. The Balaban J connectivity index is 2.31. The number of carbonyl (C=O) groups excluding carboxylic acids is 2. The summed E-state index contributed by atoms with van der Waals surface area (Å²) in [6.07, 6.45) is 0. The fourth-order valence-corrected chi connectivity index (χ4v) is 1.86. The number of amides is 3. The van der Waals surface area contributed by atoms with Gasteiger partial charge in [-0.15, -0.1) is 0 Å². The van der Waals surface area contributed by atoms with E-state index in [1.54, 1.807) is 11.0 Å². The first-order chi connectivity index (χ1) is 9.58. The first-order valence-corrected chi connectivity index (χ1v) is 6.96. The maximum Gasteiger partial charge on any atom is 0.317 e. The average molecular weight is 277 g/mol. The van der Waals surface area contributed by atoms with Crippen molar-refractivity contribution in [1.82, 2.24) is 15.5 Å². The molecule has 0 heterocycles. The molecule has 5 nitrogen and oxygen atoms in total. The normalized spacial score (nSPS) is 9.95. The lowest BCUT2D eigenvalue weighted by atomic mass is 10.1. The van der Waals surface area contributed by atoms with E-state index in [0.717, 1.165) is 5.56 Å². The number of rotatable bonds is 6. The first kappa shape index (κ1) is 16.0. The summed E-state index contributed by atoms with van der Waals surface area (Å²) in [5.74, 6) is -0.120. The fraction of sp³-hybridized carbons (Fsp3) is 0.467. The van der Waals surface area contributed by atoms with Crippen molar-refractivity contribution in [3.05, 3.63) is 35.4 Å². The van der Waals surface area contributed by atoms with Gasteiger partial charge in [0.05, 0.1) is 0 Å². The number of benzene rings is 1. The molecule has 0 atom stereocenters. The highest BCUT2D eigenvalue weighted by molar-refractivity contribution is 5.94. The Morgan fingerprint density at radius 2 is 1.75 bits per heavy atom. The minimum atomic E-state index is -0.120. The van der Waals surface area contributed by atoms with Crippen molar-refractivity contribution in [3.63, 3.8) is 0 Å². The molecule has 3 amide bonds. The molecular formula is C15H23N3O2. The standard InChI is InChI=1S/C15H23N3O2/c1-4-18(5-2)15(20)17-10-9-16-14(19)13-8-6-7-12(3)11-13/h6-8,11H,4-5,9-10H2,1-3H3,(H,16,19)(H,17,20). The molecule has 1 aromatic carbocycles. The molecule has 0 radical (unpaired) electrons. The summed E-state index contributed by atoms with van der Waals surface area (Å²) in [5.41, 5.74) is 1.69. The van der Waals surface area contributed by atoms with Crippen molar-refractivity contribution in [2.45, 2.75) is 20.8 Å². The number of nitrogens with one attached hydrogen (secondary N) is 2. The van der Waals surface area contributed by atoms with Crippen LogP contribution in [-0.2, 0) is 0 Å². The Bertz CT molecular complexity index is 456. The number of urea groups is 1. The molecule has 5 heteroatoms. The van der Waals surface area contributed by atoms with Crippen LogP contribution < -0.4 is 10.6 Å². The summed E-state index contributed by atoms with van der Waals surface area (Å²) in [6, 6.07) is 7.31. The maximum absolute atomic E-state index is 11.9. The van der Waals surface area contributed by atoms with E-state index in [-0.39, 0.29) is 11.9 Å². The lowest BCUT2D eigenvalue weighted by Crippen LogP contribution is -2.42. The Morgan fingerprint density at radius 3 is 2.35 bits per heavy atom. The van der Waals surface area contributed by atoms with Gasteiger partial charge in [0.25, 0.3) is 5.91 Å². The summed E-state index contributed by atoms with van der Waals surface area (Å²) < 4.78 is 0. The molecular weight excluding hydrogens is 254 g/mol. The smallest absolute Gasteiger partial charge is 0.317 e. The summed E-state index contributed by atoms with van der Waals surface area (Å²) in [7, 11) is 0. The van der Waals surface area contributed by atoms with E-state index in [1.165, 1.54) is 0 Å². The van der Waals surface area contributed by atoms with E-state index in [4.69, 9.17) is 0 Å². The summed E-state index contributed by atoms with van der Waals surface area (Å²) in [4.78, 5) is 25.2. The van der Waals surface area contributed by atoms with Gasteiger partial charge in [0.15, 0.2) is 0 Å². The second kappa shape index (κ2) is 8.19. The SMILES string of the molecule is CCN(CC)C(=O)NCCNC(=O)c1cccc(C)c1. The zero-order valence-corrected chi connectivity index (χ0v) is 12.4. The predicted octanol–water partition coefficient (Wildman–Crippen LogP) is 1.78. The van der Waals surface area contributed by atoms with E-state index in [9.17, 15) is 9.59 Å². The van der Waals surface area contributed by atoms with Crippen LogP contribution >= 0.6 is 0 Å². The molecule has 0 saturated carbocycles. The van der Waals surface area contributed by atoms with E-state index < -0.39 is 0 Å². The van der Waals surface area contributed by atoms with Gasteiger partial charge in [-0.2, -0.15) is 0 Å². The third-order valence-electron chi connectivity index (χ3n) is 3.02. The average Bonchev–Trinajstić information content (AvgIpc) is 2.44. The molecule has 1 rings (SSSR count). The van der Waals surface area contributed by atoms with Crippen molar-refractivity contribution in [2.24, 2.45) is 0 Å². The van der Waals surface area contributed by atoms with E-state index in [1.807, 2.05) is 39.0 Å². The molecule has 0 aliphatic heterocycles. The molecule has 0 aromatic heterocycles. The van der Waals surface area contributed by atoms with Gasteiger partial charge in [-0.05, 0) is 32.9 Å². The van der Waals surface area contributed by atoms with Crippen LogP contribution in [0.3, 0.4) is 0 Å². The van der Waals surface area contributed by atoms with Crippen LogP contribution in [0.15, 0.2) is 24.3 Å². The number of hydrogen-bond donors (Lipinski definition) is 2. The summed E-state index contributed by atoms with van der Waals surface area (Å²) in [6.45, 7) is 8.01. The summed E-state index contributed by atoms with van der Waals surface area (Å²) >= 11 is 0. The van der Waals surface area contributed by atoms with Gasteiger partial charge >= 0.3 is 6.03 Å². The largest absolute Gasteiger partial charge is 0.350 e. The van der Waals surface area contributed by atoms with Crippen LogP contribution in [0.1, 0.15) is 29.8 Å². The van der Waals surface area contributed by atoms with Gasteiger partial charge in [-0.1, -0.05) is 17.7 Å². The molecule has 0 aliphatic rings. The molecule has 1 aromatic rings. The molecule has 2 N–H and O–H groups in total.